The summed E-state index contributed by atoms with van der Waals surface area (Å²) in [7, 11) is 0. The van der Waals surface area contributed by atoms with E-state index in [0.29, 0.717) is 10.8 Å². The lowest BCUT2D eigenvalue weighted by Crippen LogP contribution is -2.48. The molecule has 3 fully saturated rings. The molecule has 0 spiro atoms. The third kappa shape index (κ3) is 3.56. The minimum atomic E-state index is 0.631. The van der Waals surface area contributed by atoms with Crippen LogP contribution in [0.3, 0.4) is 0 Å². The average molecular weight is 359 g/mol. The SMILES string of the molecule is C=C(C)CCCC1CCC2C(C)C(C3(C)CCCCC3CC)CCC12C. The summed E-state index contributed by atoms with van der Waals surface area (Å²) in [5, 5.41) is 0. The van der Waals surface area contributed by atoms with Gasteiger partial charge in [-0.05, 0) is 105 Å². The molecule has 0 aliphatic heterocycles. The molecule has 0 bridgehead atoms. The van der Waals surface area contributed by atoms with Crippen molar-refractivity contribution in [1.82, 2.24) is 0 Å². The molecule has 0 aromatic carbocycles. The summed E-state index contributed by atoms with van der Waals surface area (Å²) in [6.07, 6.45) is 17.5. The van der Waals surface area contributed by atoms with E-state index in [9.17, 15) is 0 Å². The minimum Gasteiger partial charge on any atom is -0.100 e. The van der Waals surface area contributed by atoms with Crippen LogP contribution in [-0.2, 0) is 0 Å². The number of hydrogen-bond acceptors (Lipinski definition) is 0. The fourth-order valence-corrected chi connectivity index (χ4v) is 8.25. The van der Waals surface area contributed by atoms with Gasteiger partial charge in [-0.1, -0.05) is 52.5 Å². The van der Waals surface area contributed by atoms with Gasteiger partial charge in [0.05, 0.1) is 0 Å². The van der Waals surface area contributed by atoms with Crippen LogP contribution in [0, 0.1) is 40.4 Å². The van der Waals surface area contributed by atoms with E-state index in [2.05, 4.69) is 41.2 Å². The molecule has 3 rings (SSSR count). The van der Waals surface area contributed by atoms with Gasteiger partial charge in [-0.25, -0.2) is 0 Å². The van der Waals surface area contributed by atoms with Crippen LogP contribution in [0.2, 0.25) is 0 Å². The smallest absolute Gasteiger partial charge is 0.0266 e. The third-order valence-corrected chi connectivity index (χ3v) is 9.82. The molecule has 0 heterocycles. The Bertz CT molecular complexity index is 490. The minimum absolute atomic E-state index is 0.631. The van der Waals surface area contributed by atoms with E-state index < -0.39 is 0 Å². The van der Waals surface area contributed by atoms with Crippen LogP contribution in [0.1, 0.15) is 112 Å². The van der Waals surface area contributed by atoms with Crippen molar-refractivity contribution in [3.8, 4) is 0 Å². The van der Waals surface area contributed by atoms with Crippen LogP contribution in [0.4, 0.5) is 0 Å². The van der Waals surface area contributed by atoms with Gasteiger partial charge < -0.3 is 0 Å². The summed E-state index contributed by atoms with van der Waals surface area (Å²) in [5.41, 5.74) is 2.64. The Morgan fingerprint density at radius 1 is 0.923 bits per heavy atom. The predicted octanol–water partition coefficient (Wildman–Crippen LogP) is 8.42. The molecular formula is C26H46. The Balaban J connectivity index is 1.71. The van der Waals surface area contributed by atoms with Gasteiger partial charge >= 0.3 is 0 Å². The van der Waals surface area contributed by atoms with Gasteiger partial charge in [0.25, 0.3) is 0 Å². The topological polar surface area (TPSA) is 0 Å². The summed E-state index contributed by atoms with van der Waals surface area (Å²) in [6, 6.07) is 0. The van der Waals surface area contributed by atoms with Crippen molar-refractivity contribution in [2.75, 3.05) is 0 Å². The maximum Gasteiger partial charge on any atom is -0.0266 e. The molecule has 3 saturated carbocycles. The highest BCUT2D eigenvalue weighted by atomic mass is 14.6. The van der Waals surface area contributed by atoms with Gasteiger partial charge in [0, 0.05) is 0 Å². The molecule has 0 aromatic rings. The molecule has 0 N–H and O–H groups in total. The van der Waals surface area contributed by atoms with Gasteiger partial charge in [0.1, 0.15) is 0 Å². The van der Waals surface area contributed by atoms with E-state index in [4.69, 9.17) is 0 Å². The maximum atomic E-state index is 4.11. The van der Waals surface area contributed by atoms with E-state index in [1.807, 2.05) is 0 Å². The first kappa shape index (κ1) is 20.5. The Hall–Kier alpha value is -0.260. The van der Waals surface area contributed by atoms with Gasteiger partial charge in [0.15, 0.2) is 0 Å². The lowest BCUT2D eigenvalue weighted by atomic mass is 9.49. The fraction of sp³-hybridized carbons (Fsp3) is 0.923. The monoisotopic (exact) mass is 358 g/mol. The molecule has 0 aromatic heterocycles. The quantitative estimate of drug-likeness (QED) is 0.418. The number of rotatable bonds is 6. The second-order valence-corrected chi connectivity index (χ2v) is 11.1. The fourth-order valence-electron chi connectivity index (χ4n) is 8.25. The lowest BCUT2D eigenvalue weighted by molar-refractivity contribution is -0.0709. The zero-order valence-electron chi connectivity index (χ0n) is 18.6. The van der Waals surface area contributed by atoms with Crippen LogP contribution in [0.5, 0.6) is 0 Å². The Morgan fingerprint density at radius 2 is 1.62 bits per heavy atom. The number of fused-ring (bicyclic) bond motifs is 1. The maximum absolute atomic E-state index is 4.11. The van der Waals surface area contributed by atoms with Crippen molar-refractivity contribution in [2.24, 2.45) is 40.4 Å². The molecule has 26 heavy (non-hydrogen) atoms. The van der Waals surface area contributed by atoms with E-state index in [1.165, 1.54) is 82.6 Å². The first-order valence-electron chi connectivity index (χ1n) is 12.0. The van der Waals surface area contributed by atoms with Crippen LogP contribution in [0.25, 0.3) is 0 Å². The van der Waals surface area contributed by atoms with Crippen LogP contribution >= 0.6 is 0 Å². The molecule has 7 atom stereocenters. The highest BCUT2D eigenvalue weighted by molar-refractivity contribution is 5.05. The summed E-state index contributed by atoms with van der Waals surface area (Å²) < 4.78 is 0. The zero-order valence-corrected chi connectivity index (χ0v) is 18.6. The van der Waals surface area contributed by atoms with Crippen LogP contribution < -0.4 is 0 Å². The Labute approximate surface area is 164 Å². The van der Waals surface area contributed by atoms with Crippen LogP contribution in [0.15, 0.2) is 12.2 Å². The molecule has 0 heteroatoms. The summed E-state index contributed by atoms with van der Waals surface area (Å²) in [5.74, 6) is 4.89. The van der Waals surface area contributed by atoms with E-state index >= 15 is 0 Å². The standard InChI is InChI=1S/C26H46/c1-7-21-12-8-9-17-25(21,5)24-16-18-26(6)22(13-10-11-19(2)3)14-15-23(26)20(24)4/h20-24H,2,7-18H2,1,3-6H3. The molecule has 3 aliphatic carbocycles. The molecule has 7 unspecified atom stereocenters. The number of hydrogen-bond donors (Lipinski definition) is 0. The van der Waals surface area contributed by atoms with Crippen molar-refractivity contribution in [3.63, 3.8) is 0 Å². The molecule has 0 nitrogen and oxygen atoms in total. The van der Waals surface area contributed by atoms with Gasteiger partial charge in [-0.2, -0.15) is 0 Å². The van der Waals surface area contributed by atoms with Crippen LogP contribution in [-0.4, -0.2) is 0 Å². The second kappa shape index (κ2) is 8.00. The second-order valence-electron chi connectivity index (χ2n) is 11.1. The molecule has 0 radical (unpaired) electrons. The van der Waals surface area contributed by atoms with Crippen molar-refractivity contribution >= 4 is 0 Å². The first-order valence-corrected chi connectivity index (χ1v) is 12.0. The van der Waals surface area contributed by atoms with Crippen molar-refractivity contribution in [2.45, 2.75) is 112 Å². The summed E-state index contributed by atoms with van der Waals surface area (Å²) >= 11 is 0. The Kier molecular flexibility index (Phi) is 6.30. The van der Waals surface area contributed by atoms with Gasteiger partial charge in [0.2, 0.25) is 0 Å². The molecule has 3 aliphatic rings. The third-order valence-electron chi connectivity index (χ3n) is 9.82. The normalized spacial score (nSPS) is 46.1. The van der Waals surface area contributed by atoms with Crippen molar-refractivity contribution in [1.29, 1.82) is 0 Å². The zero-order chi connectivity index (χ0) is 18.9. The predicted molar refractivity (Wildman–Crippen MR) is 115 cm³/mol. The van der Waals surface area contributed by atoms with E-state index in [1.54, 1.807) is 0 Å². The average Bonchev–Trinajstić information content (AvgIpc) is 2.92. The molecule has 0 saturated heterocycles. The summed E-state index contributed by atoms with van der Waals surface area (Å²) in [6.45, 7) is 16.8. The highest BCUT2D eigenvalue weighted by Gasteiger charge is 2.56. The largest absolute Gasteiger partial charge is 0.100 e. The number of allylic oxidation sites excluding steroid dienone is 1. The highest BCUT2D eigenvalue weighted by Crippen LogP contribution is 2.64. The van der Waals surface area contributed by atoms with Gasteiger partial charge in [-0.15, -0.1) is 6.58 Å². The molecule has 150 valence electrons. The Morgan fingerprint density at radius 3 is 2.31 bits per heavy atom. The van der Waals surface area contributed by atoms with Crippen molar-refractivity contribution < 1.29 is 0 Å². The first-order chi connectivity index (χ1) is 12.3. The van der Waals surface area contributed by atoms with E-state index in [-0.39, 0.29) is 0 Å². The van der Waals surface area contributed by atoms with Crippen molar-refractivity contribution in [3.05, 3.63) is 12.2 Å². The lowest BCUT2D eigenvalue weighted by Gasteiger charge is -2.56. The summed E-state index contributed by atoms with van der Waals surface area (Å²) in [4.78, 5) is 0. The molecule has 0 amide bonds. The van der Waals surface area contributed by atoms with Gasteiger partial charge in [-0.3, -0.25) is 0 Å². The van der Waals surface area contributed by atoms with E-state index in [0.717, 1.165) is 29.6 Å². The molecular weight excluding hydrogens is 312 g/mol.